The second kappa shape index (κ2) is 7.36. The first kappa shape index (κ1) is 17.5. The topological polar surface area (TPSA) is 74.6 Å². The second-order valence-electron chi connectivity index (χ2n) is 7.13. The SMILES string of the molecule is CN(C)C(=O)Nc1cccc(-c2cnc3cc(C4CCNCC4)cnn23)c1. The monoisotopic (exact) mass is 364 g/mol. The normalized spacial score (nSPS) is 15.0. The zero-order chi connectivity index (χ0) is 18.8. The number of anilines is 1. The van der Waals surface area contributed by atoms with Crippen LogP contribution in [0.2, 0.25) is 0 Å². The number of aromatic nitrogens is 3. The minimum Gasteiger partial charge on any atom is -0.331 e. The van der Waals surface area contributed by atoms with Crippen LogP contribution in [-0.4, -0.2) is 52.7 Å². The van der Waals surface area contributed by atoms with Crippen LogP contribution < -0.4 is 10.6 Å². The highest BCUT2D eigenvalue weighted by Crippen LogP contribution is 2.27. The number of piperidine rings is 1. The van der Waals surface area contributed by atoms with Crippen LogP contribution in [0.1, 0.15) is 24.3 Å². The van der Waals surface area contributed by atoms with Gasteiger partial charge in [0, 0.05) is 25.3 Å². The molecule has 1 saturated heterocycles. The van der Waals surface area contributed by atoms with E-state index in [2.05, 4.69) is 26.8 Å². The molecule has 1 aromatic carbocycles. The quantitative estimate of drug-likeness (QED) is 0.749. The summed E-state index contributed by atoms with van der Waals surface area (Å²) >= 11 is 0. The molecule has 7 nitrogen and oxygen atoms in total. The summed E-state index contributed by atoms with van der Waals surface area (Å²) in [5, 5.41) is 10.9. The van der Waals surface area contributed by atoms with Crippen LogP contribution in [0.25, 0.3) is 16.9 Å². The van der Waals surface area contributed by atoms with Crippen molar-refractivity contribution in [2.24, 2.45) is 0 Å². The van der Waals surface area contributed by atoms with Gasteiger partial charge < -0.3 is 15.5 Å². The zero-order valence-corrected chi connectivity index (χ0v) is 15.6. The fourth-order valence-electron chi connectivity index (χ4n) is 3.46. The van der Waals surface area contributed by atoms with E-state index in [4.69, 9.17) is 0 Å². The third-order valence-electron chi connectivity index (χ3n) is 5.01. The molecule has 1 aliphatic rings. The standard InChI is InChI=1S/C20H24N6O/c1-25(2)20(27)24-17-5-3-4-15(10-17)18-13-22-19-11-16(12-23-26(18)19)14-6-8-21-9-7-14/h3-5,10-14,21H,6-9H2,1-2H3,(H,24,27). The van der Waals surface area contributed by atoms with Crippen molar-refractivity contribution in [1.29, 1.82) is 0 Å². The van der Waals surface area contributed by atoms with E-state index in [1.54, 1.807) is 14.1 Å². The lowest BCUT2D eigenvalue weighted by atomic mass is 9.92. The van der Waals surface area contributed by atoms with Gasteiger partial charge in [0.05, 0.1) is 18.1 Å². The van der Waals surface area contributed by atoms with E-state index in [0.717, 1.165) is 48.5 Å². The summed E-state index contributed by atoms with van der Waals surface area (Å²) in [5.74, 6) is 0.550. The van der Waals surface area contributed by atoms with E-state index < -0.39 is 0 Å². The molecule has 0 radical (unpaired) electrons. The van der Waals surface area contributed by atoms with E-state index in [9.17, 15) is 4.79 Å². The van der Waals surface area contributed by atoms with Gasteiger partial charge in [-0.15, -0.1) is 0 Å². The second-order valence-corrected chi connectivity index (χ2v) is 7.13. The number of nitrogens with zero attached hydrogens (tertiary/aromatic N) is 4. The molecule has 0 aliphatic carbocycles. The van der Waals surface area contributed by atoms with Crippen molar-refractivity contribution in [2.45, 2.75) is 18.8 Å². The van der Waals surface area contributed by atoms with Crippen LogP contribution in [0.3, 0.4) is 0 Å². The Morgan fingerprint density at radius 1 is 1.22 bits per heavy atom. The van der Waals surface area contributed by atoms with Gasteiger partial charge in [0.2, 0.25) is 0 Å². The summed E-state index contributed by atoms with van der Waals surface area (Å²) in [5.41, 5.74) is 4.72. The van der Waals surface area contributed by atoms with Crippen molar-refractivity contribution in [3.63, 3.8) is 0 Å². The van der Waals surface area contributed by atoms with Crippen molar-refractivity contribution in [1.82, 2.24) is 24.8 Å². The maximum Gasteiger partial charge on any atom is 0.321 e. The Bertz CT molecular complexity index is 958. The predicted octanol–water partition coefficient (Wildman–Crippen LogP) is 2.96. The highest BCUT2D eigenvalue weighted by Gasteiger charge is 2.17. The van der Waals surface area contributed by atoms with Crippen LogP contribution >= 0.6 is 0 Å². The van der Waals surface area contributed by atoms with Gasteiger partial charge in [-0.3, -0.25) is 0 Å². The van der Waals surface area contributed by atoms with Crippen LogP contribution in [0, 0.1) is 0 Å². The molecule has 0 saturated carbocycles. The number of carbonyl (C=O) groups is 1. The number of nitrogens with one attached hydrogen (secondary N) is 2. The number of urea groups is 1. The van der Waals surface area contributed by atoms with E-state index in [1.807, 2.05) is 41.2 Å². The smallest absolute Gasteiger partial charge is 0.321 e. The predicted molar refractivity (Wildman–Crippen MR) is 106 cm³/mol. The Morgan fingerprint density at radius 3 is 2.81 bits per heavy atom. The van der Waals surface area contributed by atoms with Gasteiger partial charge in [-0.1, -0.05) is 12.1 Å². The molecule has 0 atom stereocenters. The maximum atomic E-state index is 11.9. The molecule has 2 amide bonds. The van der Waals surface area contributed by atoms with Gasteiger partial charge in [-0.25, -0.2) is 14.3 Å². The molecular formula is C20H24N6O. The molecule has 0 unspecified atom stereocenters. The minimum absolute atomic E-state index is 0.157. The largest absolute Gasteiger partial charge is 0.331 e. The van der Waals surface area contributed by atoms with E-state index in [0.29, 0.717) is 5.92 Å². The van der Waals surface area contributed by atoms with Crippen molar-refractivity contribution >= 4 is 17.4 Å². The average Bonchev–Trinajstić information content (AvgIpc) is 3.12. The first-order chi connectivity index (χ1) is 13.1. The highest BCUT2D eigenvalue weighted by molar-refractivity contribution is 5.89. The molecule has 27 heavy (non-hydrogen) atoms. The molecule has 2 aromatic heterocycles. The summed E-state index contributed by atoms with van der Waals surface area (Å²) in [6.45, 7) is 2.11. The summed E-state index contributed by atoms with van der Waals surface area (Å²) in [6, 6.07) is 9.71. The molecule has 3 aromatic rings. The van der Waals surface area contributed by atoms with Crippen molar-refractivity contribution < 1.29 is 4.79 Å². The van der Waals surface area contributed by atoms with Gasteiger partial charge in [0.1, 0.15) is 0 Å². The Hall–Kier alpha value is -2.93. The lowest BCUT2D eigenvalue weighted by molar-refractivity contribution is 0.230. The maximum absolute atomic E-state index is 11.9. The Labute approximate surface area is 158 Å². The molecule has 140 valence electrons. The summed E-state index contributed by atoms with van der Waals surface area (Å²) in [6.07, 6.45) is 6.07. The number of imidazole rings is 1. The third-order valence-corrected chi connectivity index (χ3v) is 5.01. The van der Waals surface area contributed by atoms with Crippen molar-refractivity contribution in [3.05, 3.63) is 48.3 Å². The van der Waals surface area contributed by atoms with E-state index in [1.165, 1.54) is 10.5 Å². The van der Waals surface area contributed by atoms with Crippen LogP contribution in [0.15, 0.2) is 42.7 Å². The van der Waals surface area contributed by atoms with Crippen LogP contribution in [0.4, 0.5) is 10.5 Å². The molecule has 1 fully saturated rings. The highest BCUT2D eigenvalue weighted by atomic mass is 16.2. The summed E-state index contributed by atoms with van der Waals surface area (Å²) < 4.78 is 1.86. The fraction of sp³-hybridized carbons (Fsp3) is 0.350. The number of rotatable bonds is 3. The van der Waals surface area contributed by atoms with Gasteiger partial charge in [0.25, 0.3) is 0 Å². The molecule has 1 aliphatic heterocycles. The van der Waals surface area contributed by atoms with Gasteiger partial charge in [0.15, 0.2) is 5.65 Å². The summed E-state index contributed by atoms with van der Waals surface area (Å²) in [7, 11) is 3.43. The molecule has 3 heterocycles. The molecule has 0 spiro atoms. The molecule has 0 bridgehead atoms. The number of hydrogen-bond acceptors (Lipinski definition) is 4. The lowest BCUT2D eigenvalue weighted by Gasteiger charge is -2.22. The van der Waals surface area contributed by atoms with Gasteiger partial charge in [-0.2, -0.15) is 5.10 Å². The van der Waals surface area contributed by atoms with Crippen LogP contribution in [-0.2, 0) is 0 Å². The Kier molecular flexibility index (Phi) is 4.77. The van der Waals surface area contributed by atoms with E-state index >= 15 is 0 Å². The molecule has 7 heteroatoms. The number of fused-ring (bicyclic) bond motifs is 1. The minimum atomic E-state index is -0.157. The first-order valence-electron chi connectivity index (χ1n) is 9.25. The zero-order valence-electron chi connectivity index (χ0n) is 15.6. The first-order valence-corrected chi connectivity index (χ1v) is 9.25. The lowest BCUT2D eigenvalue weighted by Crippen LogP contribution is -2.27. The van der Waals surface area contributed by atoms with Gasteiger partial charge >= 0.3 is 6.03 Å². The number of hydrogen-bond donors (Lipinski definition) is 2. The van der Waals surface area contributed by atoms with Crippen molar-refractivity contribution in [3.8, 4) is 11.3 Å². The third kappa shape index (κ3) is 3.64. The number of amides is 2. The Morgan fingerprint density at radius 2 is 2.04 bits per heavy atom. The van der Waals surface area contributed by atoms with Crippen LogP contribution in [0.5, 0.6) is 0 Å². The van der Waals surface area contributed by atoms with Crippen molar-refractivity contribution in [2.75, 3.05) is 32.5 Å². The number of benzene rings is 1. The van der Waals surface area contributed by atoms with Gasteiger partial charge in [-0.05, 0) is 55.6 Å². The molecule has 4 rings (SSSR count). The fourth-order valence-corrected chi connectivity index (χ4v) is 3.46. The average molecular weight is 364 g/mol. The Balaban J connectivity index is 1.63. The summed E-state index contributed by atoms with van der Waals surface area (Å²) in [4.78, 5) is 18.0. The van der Waals surface area contributed by atoms with E-state index in [-0.39, 0.29) is 6.03 Å². The molecule has 2 N–H and O–H groups in total. The number of carbonyl (C=O) groups excluding carboxylic acids is 1. The molecular weight excluding hydrogens is 340 g/mol.